The zero-order valence-electron chi connectivity index (χ0n) is 10.5. The maximum atomic E-state index is 13.6. The predicted octanol–water partition coefficient (Wildman–Crippen LogP) is 2.78. The van der Waals surface area contributed by atoms with Crippen LogP contribution in [0.25, 0.3) is 0 Å². The van der Waals surface area contributed by atoms with Crippen LogP contribution in [0.1, 0.15) is 37.8 Å². The number of hydrogen-bond acceptors (Lipinski definition) is 2. The first-order chi connectivity index (χ1) is 8.63. The van der Waals surface area contributed by atoms with Gasteiger partial charge in [-0.05, 0) is 31.7 Å². The minimum Gasteiger partial charge on any atom is -0.396 e. The lowest BCUT2D eigenvalue weighted by Gasteiger charge is -2.24. The van der Waals surface area contributed by atoms with Crippen LogP contribution >= 0.6 is 0 Å². The van der Waals surface area contributed by atoms with Crippen molar-refractivity contribution < 1.29 is 13.9 Å². The molecule has 0 radical (unpaired) electrons. The summed E-state index contributed by atoms with van der Waals surface area (Å²) in [5.41, 5.74) is 0.346. The lowest BCUT2D eigenvalue weighted by Crippen LogP contribution is -2.36. The van der Waals surface area contributed by atoms with Gasteiger partial charge in [0.1, 0.15) is 0 Å². The van der Waals surface area contributed by atoms with Crippen molar-refractivity contribution in [1.82, 2.24) is 5.32 Å². The molecule has 1 aromatic carbocycles. The standard InChI is InChI=1S/C14H19F2NO/c1-9(11-5-3-6-12(15)14(11)16)17-13-7-2-4-10(13)8-18/h3,5-6,9-10,13,17-18H,2,4,7-8H2,1H3. The zero-order chi connectivity index (χ0) is 13.1. The van der Waals surface area contributed by atoms with E-state index < -0.39 is 11.6 Å². The number of aliphatic hydroxyl groups is 1. The third-order valence-corrected chi connectivity index (χ3v) is 3.81. The topological polar surface area (TPSA) is 32.3 Å². The summed E-state index contributed by atoms with van der Waals surface area (Å²) in [6.07, 6.45) is 3.04. The molecule has 0 amide bonds. The molecule has 1 aliphatic carbocycles. The summed E-state index contributed by atoms with van der Waals surface area (Å²) < 4.78 is 26.8. The molecule has 100 valence electrons. The van der Waals surface area contributed by atoms with Crippen LogP contribution in [0.2, 0.25) is 0 Å². The Hall–Kier alpha value is -1.00. The number of aliphatic hydroxyl groups excluding tert-OH is 1. The minimum atomic E-state index is -0.814. The van der Waals surface area contributed by atoms with E-state index >= 15 is 0 Å². The number of halogens is 2. The highest BCUT2D eigenvalue weighted by Gasteiger charge is 2.28. The molecule has 3 atom stereocenters. The summed E-state index contributed by atoms with van der Waals surface area (Å²) in [6.45, 7) is 1.97. The van der Waals surface area contributed by atoms with E-state index in [1.54, 1.807) is 6.07 Å². The van der Waals surface area contributed by atoms with Crippen molar-refractivity contribution in [1.29, 1.82) is 0 Å². The largest absolute Gasteiger partial charge is 0.396 e. The van der Waals surface area contributed by atoms with E-state index in [1.807, 2.05) is 6.92 Å². The van der Waals surface area contributed by atoms with Gasteiger partial charge in [0.05, 0.1) is 0 Å². The van der Waals surface area contributed by atoms with Gasteiger partial charge in [-0.3, -0.25) is 0 Å². The van der Waals surface area contributed by atoms with Crippen LogP contribution in [-0.4, -0.2) is 17.8 Å². The SMILES string of the molecule is CC(NC1CCCC1CO)c1cccc(F)c1F. The van der Waals surface area contributed by atoms with Crippen molar-refractivity contribution in [2.75, 3.05) is 6.61 Å². The van der Waals surface area contributed by atoms with Gasteiger partial charge in [-0.25, -0.2) is 8.78 Å². The van der Waals surface area contributed by atoms with Crippen LogP contribution in [0.5, 0.6) is 0 Å². The van der Waals surface area contributed by atoms with E-state index in [-0.39, 0.29) is 24.6 Å². The smallest absolute Gasteiger partial charge is 0.163 e. The fourth-order valence-electron chi connectivity index (χ4n) is 2.74. The summed E-state index contributed by atoms with van der Waals surface area (Å²) in [4.78, 5) is 0. The second kappa shape index (κ2) is 5.76. The molecule has 1 fully saturated rings. The van der Waals surface area contributed by atoms with E-state index in [2.05, 4.69) is 5.32 Å². The molecule has 18 heavy (non-hydrogen) atoms. The average Bonchev–Trinajstić information content (AvgIpc) is 2.79. The Labute approximate surface area is 106 Å². The van der Waals surface area contributed by atoms with Gasteiger partial charge in [0.15, 0.2) is 11.6 Å². The molecule has 1 aromatic rings. The van der Waals surface area contributed by atoms with Gasteiger partial charge >= 0.3 is 0 Å². The normalized spacial score (nSPS) is 25.3. The van der Waals surface area contributed by atoms with Crippen molar-refractivity contribution >= 4 is 0 Å². The van der Waals surface area contributed by atoms with Gasteiger partial charge in [0.25, 0.3) is 0 Å². The van der Waals surface area contributed by atoms with Gasteiger partial charge in [-0.2, -0.15) is 0 Å². The van der Waals surface area contributed by atoms with Crippen molar-refractivity contribution in [2.24, 2.45) is 5.92 Å². The molecule has 0 bridgehead atoms. The minimum absolute atomic E-state index is 0.149. The third kappa shape index (κ3) is 2.70. The Kier molecular flexibility index (Phi) is 4.30. The molecule has 0 spiro atoms. The molecule has 2 nitrogen and oxygen atoms in total. The summed E-state index contributed by atoms with van der Waals surface area (Å²) in [5.74, 6) is -1.37. The predicted molar refractivity (Wildman–Crippen MR) is 66.1 cm³/mol. The molecular weight excluding hydrogens is 236 g/mol. The number of benzene rings is 1. The highest BCUT2D eigenvalue weighted by atomic mass is 19.2. The molecule has 1 aliphatic rings. The first-order valence-corrected chi connectivity index (χ1v) is 6.44. The van der Waals surface area contributed by atoms with Gasteiger partial charge in [0, 0.05) is 24.3 Å². The molecule has 0 heterocycles. The second-order valence-electron chi connectivity index (χ2n) is 5.01. The van der Waals surface area contributed by atoms with Crippen LogP contribution in [0.4, 0.5) is 8.78 Å². The van der Waals surface area contributed by atoms with Crippen molar-refractivity contribution in [2.45, 2.75) is 38.3 Å². The molecule has 0 saturated heterocycles. The van der Waals surface area contributed by atoms with Gasteiger partial charge in [-0.15, -0.1) is 0 Å². The van der Waals surface area contributed by atoms with Crippen LogP contribution in [0.15, 0.2) is 18.2 Å². The molecule has 0 aliphatic heterocycles. The van der Waals surface area contributed by atoms with Gasteiger partial charge in [-0.1, -0.05) is 18.6 Å². The van der Waals surface area contributed by atoms with E-state index in [4.69, 9.17) is 0 Å². The van der Waals surface area contributed by atoms with Crippen molar-refractivity contribution in [3.63, 3.8) is 0 Å². The van der Waals surface area contributed by atoms with Crippen LogP contribution in [0.3, 0.4) is 0 Å². The summed E-state index contributed by atoms with van der Waals surface area (Å²) in [6, 6.07) is 4.17. The molecule has 4 heteroatoms. The van der Waals surface area contributed by atoms with E-state index in [0.717, 1.165) is 25.3 Å². The lowest BCUT2D eigenvalue weighted by atomic mass is 10.0. The Morgan fingerprint density at radius 2 is 2.17 bits per heavy atom. The summed E-state index contributed by atoms with van der Waals surface area (Å²) >= 11 is 0. The highest BCUT2D eigenvalue weighted by molar-refractivity contribution is 5.22. The maximum Gasteiger partial charge on any atom is 0.163 e. The molecule has 3 unspecified atom stereocenters. The van der Waals surface area contributed by atoms with Crippen LogP contribution < -0.4 is 5.32 Å². The van der Waals surface area contributed by atoms with Crippen molar-refractivity contribution in [3.05, 3.63) is 35.4 Å². The summed E-state index contributed by atoms with van der Waals surface area (Å²) in [5, 5.41) is 12.5. The number of nitrogens with one attached hydrogen (secondary N) is 1. The third-order valence-electron chi connectivity index (χ3n) is 3.81. The Morgan fingerprint density at radius 1 is 1.39 bits per heavy atom. The monoisotopic (exact) mass is 255 g/mol. The molecule has 0 aromatic heterocycles. The van der Waals surface area contributed by atoms with E-state index in [1.165, 1.54) is 6.07 Å². The Bertz CT molecular complexity index is 411. The van der Waals surface area contributed by atoms with E-state index in [0.29, 0.717) is 5.56 Å². The highest BCUT2D eigenvalue weighted by Crippen LogP contribution is 2.28. The zero-order valence-corrected chi connectivity index (χ0v) is 10.5. The fourth-order valence-corrected chi connectivity index (χ4v) is 2.74. The summed E-state index contributed by atoms with van der Waals surface area (Å²) in [7, 11) is 0. The molecular formula is C14H19F2NO. The van der Waals surface area contributed by atoms with Gasteiger partial charge < -0.3 is 10.4 Å². The number of rotatable bonds is 4. The molecule has 2 rings (SSSR count). The molecule has 2 N–H and O–H groups in total. The quantitative estimate of drug-likeness (QED) is 0.867. The first kappa shape index (κ1) is 13.4. The lowest BCUT2D eigenvalue weighted by molar-refractivity contribution is 0.200. The fraction of sp³-hybridized carbons (Fsp3) is 0.571. The van der Waals surface area contributed by atoms with Gasteiger partial charge in [0.2, 0.25) is 0 Å². The second-order valence-corrected chi connectivity index (χ2v) is 5.01. The van der Waals surface area contributed by atoms with Crippen LogP contribution in [-0.2, 0) is 0 Å². The Balaban J connectivity index is 2.07. The number of hydrogen-bond donors (Lipinski definition) is 2. The van der Waals surface area contributed by atoms with Crippen LogP contribution in [0, 0.1) is 17.6 Å². The average molecular weight is 255 g/mol. The maximum absolute atomic E-state index is 13.6. The van der Waals surface area contributed by atoms with E-state index in [9.17, 15) is 13.9 Å². The Morgan fingerprint density at radius 3 is 2.89 bits per heavy atom. The van der Waals surface area contributed by atoms with Crippen molar-refractivity contribution in [3.8, 4) is 0 Å². The first-order valence-electron chi connectivity index (χ1n) is 6.44. The molecule has 1 saturated carbocycles.